The predicted octanol–water partition coefficient (Wildman–Crippen LogP) is 2.83. The zero-order valence-electron chi connectivity index (χ0n) is 16.7. The van der Waals surface area contributed by atoms with E-state index in [1.165, 1.54) is 5.69 Å². The fraction of sp³-hybridized carbons (Fsp3) is 0.429. The Morgan fingerprint density at radius 2 is 1.82 bits per heavy atom. The van der Waals surface area contributed by atoms with E-state index in [0.29, 0.717) is 5.56 Å². The summed E-state index contributed by atoms with van der Waals surface area (Å²) in [6.07, 6.45) is 4.40. The molecule has 1 saturated heterocycles. The molecule has 1 N–H and O–H groups in total. The van der Waals surface area contributed by atoms with Crippen LogP contribution < -0.4 is 10.2 Å². The molecule has 1 aliphatic heterocycles. The molecule has 0 unspecified atom stereocenters. The first-order valence-corrected chi connectivity index (χ1v) is 9.57. The highest BCUT2D eigenvalue weighted by atomic mass is 35.5. The number of aromatic nitrogens is 1. The van der Waals surface area contributed by atoms with Gasteiger partial charge >= 0.3 is 0 Å². The van der Waals surface area contributed by atoms with Gasteiger partial charge in [0.15, 0.2) is 0 Å². The van der Waals surface area contributed by atoms with E-state index in [0.717, 1.165) is 51.4 Å². The number of amides is 1. The second-order valence-electron chi connectivity index (χ2n) is 7.07. The van der Waals surface area contributed by atoms with Crippen LogP contribution in [0.4, 0.5) is 11.4 Å². The summed E-state index contributed by atoms with van der Waals surface area (Å²) in [4.78, 5) is 22.8. The lowest BCUT2D eigenvalue weighted by Crippen LogP contribution is -2.46. The van der Waals surface area contributed by atoms with Gasteiger partial charge in [-0.2, -0.15) is 0 Å². The first kappa shape index (κ1) is 22.0. The third-order valence-corrected chi connectivity index (χ3v) is 4.92. The van der Waals surface area contributed by atoms with Gasteiger partial charge in [-0.15, -0.1) is 12.4 Å². The van der Waals surface area contributed by atoms with Gasteiger partial charge in [-0.05, 0) is 31.2 Å². The Kier molecular flexibility index (Phi) is 8.54. The monoisotopic (exact) mass is 403 g/mol. The Hall–Kier alpha value is -2.31. The molecular formula is C21H30ClN5O. The van der Waals surface area contributed by atoms with Gasteiger partial charge in [-0.25, -0.2) is 0 Å². The van der Waals surface area contributed by atoms with Crippen LogP contribution >= 0.6 is 12.4 Å². The number of hydrogen-bond acceptors (Lipinski definition) is 5. The Morgan fingerprint density at radius 3 is 2.50 bits per heavy atom. The van der Waals surface area contributed by atoms with E-state index in [1.54, 1.807) is 31.4 Å². The number of anilines is 2. The van der Waals surface area contributed by atoms with Crippen molar-refractivity contribution in [1.29, 1.82) is 0 Å². The fourth-order valence-corrected chi connectivity index (χ4v) is 3.35. The quantitative estimate of drug-likeness (QED) is 0.720. The van der Waals surface area contributed by atoms with Crippen molar-refractivity contribution in [3.63, 3.8) is 0 Å². The maximum atomic E-state index is 12.2. The topological polar surface area (TPSA) is 51.7 Å². The standard InChI is InChI=1S/C21H29N5O.ClH/c1-24(2)21(27)19-17-22-11-9-20(19)23-10-6-12-25-13-15-26(16-14-25)18-7-4-3-5-8-18;/h3-5,7-9,11,17H,6,10,12-16H2,1-2H3,(H,22,23);1H. The van der Waals surface area contributed by atoms with E-state index in [-0.39, 0.29) is 18.3 Å². The molecule has 2 heterocycles. The molecule has 3 rings (SSSR count). The number of carbonyl (C=O) groups excluding carboxylic acids is 1. The molecule has 0 aliphatic carbocycles. The lowest BCUT2D eigenvalue weighted by Gasteiger charge is -2.36. The number of rotatable bonds is 7. The summed E-state index contributed by atoms with van der Waals surface area (Å²) < 4.78 is 0. The van der Waals surface area contributed by atoms with Gasteiger partial charge in [0.05, 0.1) is 11.3 Å². The third kappa shape index (κ3) is 5.84. The number of pyridine rings is 1. The summed E-state index contributed by atoms with van der Waals surface area (Å²) in [7, 11) is 3.52. The van der Waals surface area contributed by atoms with Crippen molar-refractivity contribution in [1.82, 2.24) is 14.8 Å². The maximum Gasteiger partial charge on any atom is 0.257 e. The van der Waals surface area contributed by atoms with Crippen molar-refractivity contribution >= 4 is 29.7 Å². The van der Waals surface area contributed by atoms with Crippen LogP contribution in [0.5, 0.6) is 0 Å². The van der Waals surface area contributed by atoms with Crippen LogP contribution in [0.25, 0.3) is 0 Å². The molecule has 7 heteroatoms. The Morgan fingerprint density at radius 1 is 1.11 bits per heavy atom. The van der Waals surface area contributed by atoms with E-state index >= 15 is 0 Å². The molecule has 6 nitrogen and oxygen atoms in total. The highest BCUT2D eigenvalue weighted by Crippen LogP contribution is 2.17. The van der Waals surface area contributed by atoms with Crippen LogP contribution in [0.15, 0.2) is 48.8 Å². The van der Waals surface area contributed by atoms with Gasteiger partial charge in [0, 0.05) is 64.9 Å². The number of hydrogen-bond donors (Lipinski definition) is 1. The van der Waals surface area contributed by atoms with Crippen molar-refractivity contribution < 1.29 is 4.79 Å². The molecule has 28 heavy (non-hydrogen) atoms. The lowest BCUT2D eigenvalue weighted by molar-refractivity contribution is 0.0828. The molecule has 0 spiro atoms. The number of nitrogens with one attached hydrogen (secondary N) is 1. The van der Waals surface area contributed by atoms with Crippen LogP contribution in [0.2, 0.25) is 0 Å². The van der Waals surface area contributed by atoms with Crippen molar-refractivity contribution in [3.05, 3.63) is 54.4 Å². The SMILES string of the molecule is CN(C)C(=O)c1cnccc1NCCCN1CCN(c2ccccc2)CC1.Cl. The molecule has 0 atom stereocenters. The minimum atomic E-state index is -0.0253. The molecule has 0 saturated carbocycles. The second-order valence-corrected chi connectivity index (χ2v) is 7.07. The lowest BCUT2D eigenvalue weighted by atomic mass is 10.2. The number of carbonyl (C=O) groups is 1. The van der Waals surface area contributed by atoms with Crippen molar-refractivity contribution in [3.8, 4) is 0 Å². The molecule has 1 fully saturated rings. The molecule has 1 amide bonds. The molecule has 1 aliphatic rings. The molecule has 2 aromatic rings. The van der Waals surface area contributed by atoms with E-state index in [9.17, 15) is 4.79 Å². The number of para-hydroxylation sites is 1. The van der Waals surface area contributed by atoms with Crippen LogP contribution in [0.3, 0.4) is 0 Å². The molecule has 152 valence electrons. The van der Waals surface area contributed by atoms with E-state index in [2.05, 4.69) is 50.4 Å². The molecule has 0 radical (unpaired) electrons. The smallest absolute Gasteiger partial charge is 0.257 e. The van der Waals surface area contributed by atoms with Gasteiger partial charge in [-0.1, -0.05) is 18.2 Å². The first-order valence-electron chi connectivity index (χ1n) is 9.57. The molecule has 0 bridgehead atoms. The minimum Gasteiger partial charge on any atom is -0.384 e. The highest BCUT2D eigenvalue weighted by molar-refractivity contribution is 5.98. The van der Waals surface area contributed by atoms with Crippen molar-refractivity contribution in [2.45, 2.75) is 6.42 Å². The van der Waals surface area contributed by atoms with E-state index in [4.69, 9.17) is 0 Å². The summed E-state index contributed by atoms with van der Waals surface area (Å²) in [5.74, 6) is -0.0253. The predicted molar refractivity (Wildman–Crippen MR) is 118 cm³/mol. The summed E-state index contributed by atoms with van der Waals surface area (Å²) in [6, 6.07) is 12.5. The van der Waals surface area contributed by atoms with Gasteiger partial charge in [0.2, 0.25) is 0 Å². The van der Waals surface area contributed by atoms with Crippen LogP contribution in [-0.2, 0) is 0 Å². The fourth-order valence-electron chi connectivity index (χ4n) is 3.35. The largest absolute Gasteiger partial charge is 0.384 e. The number of halogens is 1. The first-order chi connectivity index (χ1) is 13.1. The van der Waals surface area contributed by atoms with Crippen LogP contribution in [-0.4, -0.2) is 74.1 Å². The normalized spacial score (nSPS) is 14.3. The van der Waals surface area contributed by atoms with Gasteiger partial charge in [0.25, 0.3) is 5.91 Å². The average molecular weight is 404 g/mol. The van der Waals surface area contributed by atoms with E-state index < -0.39 is 0 Å². The molecule has 1 aromatic carbocycles. The minimum absolute atomic E-state index is 0. The van der Waals surface area contributed by atoms with Gasteiger partial charge in [-0.3, -0.25) is 14.7 Å². The van der Waals surface area contributed by atoms with Crippen LogP contribution in [0, 0.1) is 0 Å². The number of benzene rings is 1. The van der Waals surface area contributed by atoms with Crippen LogP contribution in [0.1, 0.15) is 16.8 Å². The Labute approximate surface area is 173 Å². The highest BCUT2D eigenvalue weighted by Gasteiger charge is 2.17. The van der Waals surface area contributed by atoms with Crippen molar-refractivity contribution in [2.24, 2.45) is 0 Å². The van der Waals surface area contributed by atoms with Crippen molar-refractivity contribution in [2.75, 3.05) is 63.6 Å². The Bertz CT molecular complexity index is 733. The summed E-state index contributed by atoms with van der Waals surface area (Å²) in [6.45, 7) is 6.24. The summed E-state index contributed by atoms with van der Waals surface area (Å²) >= 11 is 0. The third-order valence-electron chi connectivity index (χ3n) is 4.92. The Balaban J connectivity index is 0.00000280. The molecular weight excluding hydrogens is 374 g/mol. The van der Waals surface area contributed by atoms with E-state index in [1.807, 2.05) is 6.07 Å². The van der Waals surface area contributed by atoms with Gasteiger partial charge < -0.3 is 15.1 Å². The zero-order valence-corrected chi connectivity index (χ0v) is 17.5. The zero-order chi connectivity index (χ0) is 19.1. The maximum absolute atomic E-state index is 12.2. The summed E-state index contributed by atoms with van der Waals surface area (Å²) in [5.41, 5.74) is 2.80. The molecule has 1 aromatic heterocycles. The number of piperazine rings is 1. The summed E-state index contributed by atoms with van der Waals surface area (Å²) in [5, 5.41) is 3.40. The average Bonchev–Trinajstić information content (AvgIpc) is 2.72. The van der Waals surface area contributed by atoms with Gasteiger partial charge in [0.1, 0.15) is 0 Å². The second kappa shape index (κ2) is 10.9. The number of nitrogens with zero attached hydrogens (tertiary/aromatic N) is 4.